The molecule has 1 aromatic carbocycles. The monoisotopic (exact) mass is 462 g/mol. The predicted molar refractivity (Wildman–Crippen MR) is 115 cm³/mol. The van der Waals surface area contributed by atoms with Crippen LogP contribution in [0.2, 0.25) is 0 Å². The smallest absolute Gasteiger partial charge is 0.323 e. The van der Waals surface area contributed by atoms with Crippen LogP contribution in [0.15, 0.2) is 36.5 Å². The Morgan fingerprint density at radius 1 is 1.28 bits per heavy atom. The van der Waals surface area contributed by atoms with Crippen LogP contribution in [0.5, 0.6) is 0 Å². The number of pyridine rings is 1. The van der Waals surface area contributed by atoms with E-state index < -0.39 is 24.6 Å². The number of aliphatic hydroxyl groups excluding tert-OH is 3. The Morgan fingerprint density at radius 2 is 2.09 bits per heavy atom. The summed E-state index contributed by atoms with van der Waals surface area (Å²) in [4.78, 5) is 22.4. The van der Waals surface area contributed by atoms with Gasteiger partial charge in [0.1, 0.15) is 29.5 Å². The number of hydrogen-bond acceptors (Lipinski definition) is 7. The standard InChI is InChI=1S/C21H20F2N4O4S/c22-13-1-2-15-17(8-13)32-20(25-15)26-21(31)27-5-3-11(4-6-27)18-14(23)7-12(9-24-18)19(30)16(29)10-28/h1-3,7-9,16,19,28-30H,4-6,10H2,(H,25,26,31). The Bertz CT molecular complexity index is 1190. The zero-order valence-electron chi connectivity index (χ0n) is 16.7. The zero-order valence-corrected chi connectivity index (χ0v) is 17.5. The van der Waals surface area contributed by atoms with Crippen LogP contribution < -0.4 is 5.32 Å². The Hall–Kier alpha value is -2.99. The molecule has 168 valence electrons. The van der Waals surface area contributed by atoms with Gasteiger partial charge in [-0.2, -0.15) is 0 Å². The molecule has 2 atom stereocenters. The third-order valence-corrected chi connectivity index (χ3v) is 6.05. The van der Waals surface area contributed by atoms with E-state index in [1.807, 2.05) is 0 Å². The van der Waals surface area contributed by atoms with E-state index >= 15 is 0 Å². The van der Waals surface area contributed by atoms with Crippen molar-refractivity contribution < 1.29 is 28.9 Å². The molecule has 1 aliphatic rings. The number of thiazole rings is 1. The molecule has 0 saturated heterocycles. The summed E-state index contributed by atoms with van der Waals surface area (Å²) in [5, 5.41) is 31.4. The van der Waals surface area contributed by atoms with Crippen molar-refractivity contribution in [2.75, 3.05) is 25.0 Å². The van der Waals surface area contributed by atoms with Crippen molar-refractivity contribution in [2.45, 2.75) is 18.6 Å². The van der Waals surface area contributed by atoms with Gasteiger partial charge in [-0.05, 0) is 36.3 Å². The van der Waals surface area contributed by atoms with Crippen molar-refractivity contribution in [1.82, 2.24) is 14.9 Å². The van der Waals surface area contributed by atoms with Gasteiger partial charge < -0.3 is 20.2 Å². The number of hydrogen-bond donors (Lipinski definition) is 4. The maximum atomic E-state index is 14.6. The summed E-state index contributed by atoms with van der Waals surface area (Å²) in [7, 11) is 0. The lowest BCUT2D eigenvalue weighted by Crippen LogP contribution is -2.38. The first-order valence-corrected chi connectivity index (χ1v) is 10.6. The van der Waals surface area contributed by atoms with E-state index in [9.17, 15) is 23.8 Å². The lowest BCUT2D eigenvalue weighted by atomic mass is 10.0. The van der Waals surface area contributed by atoms with Gasteiger partial charge in [-0.1, -0.05) is 17.4 Å². The van der Waals surface area contributed by atoms with Crippen LogP contribution >= 0.6 is 11.3 Å². The number of aromatic nitrogens is 2. The second-order valence-corrected chi connectivity index (χ2v) is 8.31. The second-order valence-electron chi connectivity index (χ2n) is 7.28. The topological polar surface area (TPSA) is 119 Å². The van der Waals surface area contributed by atoms with Crippen LogP contribution in [0, 0.1) is 11.6 Å². The van der Waals surface area contributed by atoms with Crippen LogP contribution in [0.3, 0.4) is 0 Å². The Kier molecular flexibility index (Phi) is 6.42. The van der Waals surface area contributed by atoms with Crippen molar-refractivity contribution in [2.24, 2.45) is 0 Å². The number of aliphatic hydroxyl groups is 3. The minimum atomic E-state index is -1.45. The molecule has 0 spiro atoms. The summed E-state index contributed by atoms with van der Waals surface area (Å²) in [5.74, 6) is -1.04. The van der Waals surface area contributed by atoms with E-state index in [1.54, 1.807) is 12.1 Å². The molecule has 2 aromatic heterocycles. The molecule has 4 rings (SSSR count). The van der Waals surface area contributed by atoms with E-state index in [4.69, 9.17) is 5.11 Å². The summed E-state index contributed by atoms with van der Waals surface area (Å²) < 4.78 is 28.5. The van der Waals surface area contributed by atoms with Crippen LogP contribution in [-0.4, -0.2) is 62.0 Å². The molecule has 0 radical (unpaired) electrons. The highest BCUT2D eigenvalue weighted by molar-refractivity contribution is 7.22. The number of fused-ring (bicyclic) bond motifs is 1. The molecule has 3 heterocycles. The molecule has 0 saturated carbocycles. The maximum absolute atomic E-state index is 14.6. The first kappa shape index (κ1) is 22.2. The maximum Gasteiger partial charge on any atom is 0.323 e. The molecule has 0 aliphatic carbocycles. The number of urea groups is 1. The number of halogens is 2. The van der Waals surface area contributed by atoms with Gasteiger partial charge in [0, 0.05) is 24.8 Å². The van der Waals surface area contributed by atoms with Crippen molar-refractivity contribution in [3.05, 3.63) is 59.4 Å². The van der Waals surface area contributed by atoms with E-state index in [0.717, 1.165) is 6.07 Å². The molecule has 11 heteroatoms. The third kappa shape index (κ3) is 4.60. The van der Waals surface area contributed by atoms with Gasteiger partial charge in [0.25, 0.3) is 0 Å². The SMILES string of the molecule is O=C(Nc1nc2ccc(F)cc2s1)N1CC=C(c2ncc(C(O)C(O)CO)cc2F)CC1. The Morgan fingerprint density at radius 3 is 2.78 bits per heavy atom. The molecule has 3 aromatic rings. The van der Waals surface area contributed by atoms with Gasteiger partial charge in [-0.3, -0.25) is 10.3 Å². The molecule has 4 N–H and O–H groups in total. The number of nitrogens with zero attached hydrogens (tertiary/aromatic N) is 3. The molecule has 2 unspecified atom stereocenters. The predicted octanol–water partition coefficient (Wildman–Crippen LogP) is 2.68. The van der Waals surface area contributed by atoms with E-state index in [0.29, 0.717) is 33.9 Å². The van der Waals surface area contributed by atoms with Crippen LogP contribution in [0.1, 0.15) is 23.8 Å². The second kappa shape index (κ2) is 9.25. The van der Waals surface area contributed by atoms with E-state index in [-0.39, 0.29) is 29.7 Å². The average molecular weight is 462 g/mol. The van der Waals surface area contributed by atoms with E-state index in [2.05, 4.69) is 15.3 Å². The normalized spacial score (nSPS) is 16.0. The first-order valence-electron chi connectivity index (χ1n) is 9.79. The fraction of sp³-hybridized carbons (Fsp3) is 0.286. The molecule has 1 aliphatic heterocycles. The van der Waals surface area contributed by atoms with Crippen LogP contribution in [0.25, 0.3) is 15.8 Å². The fourth-order valence-electron chi connectivity index (χ4n) is 3.36. The lowest BCUT2D eigenvalue weighted by Gasteiger charge is -2.26. The summed E-state index contributed by atoms with van der Waals surface area (Å²) in [5.41, 5.74) is 1.37. The summed E-state index contributed by atoms with van der Waals surface area (Å²) >= 11 is 1.17. The summed E-state index contributed by atoms with van der Waals surface area (Å²) in [6.07, 6.45) is 0.425. The summed E-state index contributed by atoms with van der Waals surface area (Å²) in [6.45, 7) is -0.108. The number of carbonyl (C=O) groups excluding carboxylic acids is 1. The van der Waals surface area contributed by atoms with Crippen molar-refractivity contribution >= 4 is 38.3 Å². The molecule has 32 heavy (non-hydrogen) atoms. The van der Waals surface area contributed by atoms with Gasteiger partial charge in [0.15, 0.2) is 5.13 Å². The quantitative estimate of drug-likeness (QED) is 0.463. The number of rotatable bonds is 5. The Labute approximate surface area is 185 Å². The number of amides is 2. The highest BCUT2D eigenvalue weighted by atomic mass is 32.1. The fourth-order valence-corrected chi connectivity index (χ4v) is 4.24. The minimum absolute atomic E-state index is 0.0564. The highest BCUT2D eigenvalue weighted by Crippen LogP contribution is 2.28. The van der Waals surface area contributed by atoms with Crippen molar-refractivity contribution in [3.63, 3.8) is 0 Å². The summed E-state index contributed by atoms with van der Waals surface area (Å²) in [6, 6.07) is 4.91. The molecule has 8 nitrogen and oxygen atoms in total. The van der Waals surface area contributed by atoms with Crippen molar-refractivity contribution in [3.8, 4) is 0 Å². The van der Waals surface area contributed by atoms with Crippen LogP contribution in [0.4, 0.5) is 18.7 Å². The van der Waals surface area contributed by atoms with Gasteiger partial charge >= 0.3 is 6.03 Å². The number of benzene rings is 1. The zero-order chi connectivity index (χ0) is 22.8. The average Bonchev–Trinajstić information content (AvgIpc) is 3.19. The third-order valence-electron chi connectivity index (χ3n) is 5.12. The number of nitrogens with one attached hydrogen (secondary N) is 1. The molecular weight excluding hydrogens is 442 g/mol. The van der Waals surface area contributed by atoms with Gasteiger partial charge in [-0.25, -0.2) is 18.6 Å². The number of anilines is 1. The number of carbonyl (C=O) groups is 1. The largest absolute Gasteiger partial charge is 0.394 e. The lowest BCUT2D eigenvalue weighted by molar-refractivity contribution is -0.0155. The van der Waals surface area contributed by atoms with Crippen molar-refractivity contribution in [1.29, 1.82) is 0 Å². The molecule has 2 amide bonds. The van der Waals surface area contributed by atoms with Crippen LogP contribution in [-0.2, 0) is 0 Å². The highest BCUT2D eigenvalue weighted by Gasteiger charge is 2.23. The van der Waals surface area contributed by atoms with Gasteiger partial charge in [0.05, 0.1) is 16.8 Å². The molecule has 0 fully saturated rings. The molecular formula is C21H20F2N4O4S. The first-order chi connectivity index (χ1) is 15.4. The Balaban J connectivity index is 1.42. The molecule has 0 bridgehead atoms. The van der Waals surface area contributed by atoms with Gasteiger partial charge in [0.2, 0.25) is 0 Å². The van der Waals surface area contributed by atoms with Gasteiger partial charge in [-0.15, -0.1) is 0 Å². The minimum Gasteiger partial charge on any atom is -0.394 e. The van der Waals surface area contributed by atoms with E-state index in [1.165, 1.54) is 34.6 Å².